The maximum absolute atomic E-state index is 4.04. The van der Waals surface area contributed by atoms with Crippen molar-refractivity contribution in [2.75, 3.05) is 0 Å². The number of hydrogen-bond acceptors (Lipinski definition) is 0. The highest BCUT2D eigenvalue weighted by atomic mass is 14.5. The summed E-state index contributed by atoms with van der Waals surface area (Å²) in [4.78, 5) is 0. The lowest BCUT2D eigenvalue weighted by Crippen LogP contribution is -2.18. The molecule has 0 heteroatoms. The highest BCUT2D eigenvalue weighted by Gasteiger charge is 2.44. The van der Waals surface area contributed by atoms with Crippen LogP contribution in [0.2, 0.25) is 0 Å². The van der Waals surface area contributed by atoms with E-state index in [2.05, 4.69) is 38.8 Å². The van der Waals surface area contributed by atoms with Crippen LogP contribution in [0.25, 0.3) is 0 Å². The molecule has 2 aliphatic rings. The average Bonchev–Trinajstić information content (AvgIpc) is 2.94. The predicted octanol–water partition coefficient (Wildman–Crippen LogP) is 5.29. The van der Waals surface area contributed by atoms with Gasteiger partial charge in [0.15, 0.2) is 0 Å². The highest BCUT2D eigenvalue weighted by Crippen LogP contribution is 2.57. The fourth-order valence-corrected chi connectivity index (χ4v) is 3.64. The molecule has 0 bridgehead atoms. The van der Waals surface area contributed by atoms with Crippen LogP contribution in [-0.2, 0) is 0 Å². The summed E-state index contributed by atoms with van der Waals surface area (Å²) in [7, 11) is 0. The summed E-state index contributed by atoms with van der Waals surface area (Å²) in [5, 5.41) is 0. The van der Waals surface area contributed by atoms with Gasteiger partial charge in [0.2, 0.25) is 0 Å². The molecule has 0 aromatic rings. The van der Waals surface area contributed by atoms with Crippen molar-refractivity contribution >= 4 is 0 Å². The van der Waals surface area contributed by atoms with E-state index in [1.165, 1.54) is 48.0 Å². The Hall–Kier alpha value is -1.56. The number of rotatable bonds is 4. The Morgan fingerprint density at radius 2 is 1.44 bits per heavy atom. The Bertz CT molecular complexity index is 474. The van der Waals surface area contributed by atoms with E-state index in [1.807, 2.05) is 18.2 Å². The first kappa shape index (κ1) is 12.9. The van der Waals surface area contributed by atoms with E-state index in [4.69, 9.17) is 0 Å². The quantitative estimate of drug-likeness (QED) is 0.624. The topological polar surface area (TPSA) is 0 Å². The van der Waals surface area contributed by atoms with E-state index in [1.54, 1.807) is 0 Å². The Balaban J connectivity index is 2.71. The number of allylic oxidation sites excluding steroid dienone is 9. The molecule has 0 N–H and O–H groups in total. The molecule has 0 saturated heterocycles. The summed E-state index contributed by atoms with van der Waals surface area (Å²) < 4.78 is 0. The van der Waals surface area contributed by atoms with Gasteiger partial charge < -0.3 is 0 Å². The van der Waals surface area contributed by atoms with Crippen LogP contribution in [0, 0.1) is 5.41 Å². The lowest BCUT2D eigenvalue weighted by atomic mass is 9.74. The summed E-state index contributed by atoms with van der Waals surface area (Å²) >= 11 is 0. The van der Waals surface area contributed by atoms with Gasteiger partial charge in [0.1, 0.15) is 0 Å². The summed E-state index contributed by atoms with van der Waals surface area (Å²) in [6.45, 7) is 14.1. The van der Waals surface area contributed by atoms with Crippen LogP contribution in [-0.4, -0.2) is 0 Å². The van der Waals surface area contributed by atoms with E-state index < -0.39 is 0 Å². The molecule has 0 heterocycles. The largest absolute Gasteiger partial charge is 0.0987 e. The molecule has 0 atom stereocenters. The van der Waals surface area contributed by atoms with E-state index in [0.29, 0.717) is 0 Å². The molecule has 0 nitrogen and oxygen atoms in total. The van der Waals surface area contributed by atoms with E-state index >= 15 is 0 Å². The standard InChI is InChI=1S/C18H22/c1-5-11-15-14(6-2)16(7-3)18(17(15)8-4)12-9-10-13-18/h5-8,11H,2-4,9-10,12-13H2,1H3/b11-5-. The Morgan fingerprint density at radius 3 is 1.89 bits per heavy atom. The van der Waals surface area contributed by atoms with Gasteiger partial charge in [-0.1, -0.05) is 63.0 Å². The van der Waals surface area contributed by atoms with Crippen LogP contribution in [0.5, 0.6) is 0 Å². The zero-order valence-corrected chi connectivity index (χ0v) is 11.3. The lowest BCUT2D eigenvalue weighted by Gasteiger charge is -2.28. The molecule has 0 aliphatic heterocycles. The van der Waals surface area contributed by atoms with Gasteiger partial charge in [-0.3, -0.25) is 0 Å². The van der Waals surface area contributed by atoms with Gasteiger partial charge in [-0.2, -0.15) is 0 Å². The maximum atomic E-state index is 4.04. The van der Waals surface area contributed by atoms with Crippen molar-refractivity contribution in [1.82, 2.24) is 0 Å². The van der Waals surface area contributed by atoms with Gasteiger partial charge in [-0.25, -0.2) is 0 Å². The van der Waals surface area contributed by atoms with Gasteiger partial charge in [0.25, 0.3) is 0 Å². The fourth-order valence-electron chi connectivity index (χ4n) is 3.64. The van der Waals surface area contributed by atoms with Gasteiger partial charge in [-0.05, 0) is 42.1 Å². The molecule has 0 radical (unpaired) electrons. The Labute approximate surface area is 111 Å². The minimum Gasteiger partial charge on any atom is -0.0987 e. The maximum Gasteiger partial charge on any atom is 0.0214 e. The second-order valence-electron chi connectivity index (χ2n) is 5.06. The Morgan fingerprint density at radius 1 is 0.889 bits per heavy atom. The first-order valence-corrected chi connectivity index (χ1v) is 6.75. The minimum atomic E-state index is 0.169. The average molecular weight is 238 g/mol. The van der Waals surface area contributed by atoms with Crippen LogP contribution in [0.15, 0.2) is 72.4 Å². The molecule has 1 fully saturated rings. The van der Waals surface area contributed by atoms with E-state index in [9.17, 15) is 0 Å². The molecule has 0 aromatic carbocycles. The third-order valence-corrected chi connectivity index (χ3v) is 4.30. The summed E-state index contributed by atoms with van der Waals surface area (Å²) in [5.41, 5.74) is 5.45. The van der Waals surface area contributed by atoms with Crippen LogP contribution >= 0.6 is 0 Å². The van der Waals surface area contributed by atoms with Crippen LogP contribution in [0.4, 0.5) is 0 Å². The van der Waals surface area contributed by atoms with Crippen LogP contribution < -0.4 is 0 Å². The van der Waals surface area contributed by atoms with Crippen molar-refractivity contribution in [3.05, 3.63) is 72.4 Å². The molecule has 2 aliphatic carbocycles. The van der Waals surface area contributed by atoms with Crippen molar-refractivity contribution in [3.8, 4) is 0 Å². The zero-order chi connectivity index (χ0) is 13.2. The molecule has 18 heavy (non-hydrogen) atoms. The van der Waals surface area contributed by atoms with Crippen LogP contribution in [0.1, 0.15) is 32.6 Å². The smallest absolute Gasteiger partial charge is 0.0214 e. The first-order valence-electron chi connectivity index (χ1n) is 6.75. The van der Waals surface area contributed by atoms with E-state index in [-0.39, 0.29) is 5.41 Å². The lowest BCUT2D eigenvalue weighted by molar-refractivity contribution is 0.475. The normalized spacial score (nSPS) is 22.3. The second kappa shape index (κ2) is 4.97. The Kier molecular flexibility index (Phi) is 3.56. The van der Waals surface area contributed by atoms with Gasteiger partial charge >= 0.3 is 0 Å². The van der Waals surface area contributed by atoms with Crippen molar-refractivity contribution in [2.24, 2.45) is 5.41 Å². The second-order valence-corrected chi connectivity index (χ2v) is 5.06. The molecule has 0 amide bonds. The zero-order valence-electron chi connectivity index (χ0n) is 11.3. The fraction of sp³-hybridized carbons (Fsp3) is 0.333. The van der Waals surface area contributed by atoms with Gasteiger partial charge in [0, 0.05) is 5.41 Å². The summed E-state index contributed by atoms with van der Waals surface area (Å²) in [6, 6.07) is 0. The SMILES string of the molecule is C=CC1=C(C=C)C2(CCCC2)C(C=C)=C1/C=C\C. The minimum absolute atomic E-state index is 0.169. The molecule has 0 aromatic heterocycles. The third-order valence-electron chi connectivity index (χ3n) is 4.30. The van der Waals surface area contributed by atoms with Crippen LogP contribution in [0.3, 0.4) is 0 Å². The number of hydrogen-bond donors (Lipinski definition) is 0. The van der Waals surface area contributed by atoms with Crippen molar-refractivity contribution in [1.29, 1.82) is 0 Å². The van der Waals surface area contributed by atoms with Crippen molar-refractivity contribution in [2.45, 2.75) is 32.6 Å². The van der Waals surface area contributed by atoms with Crippen molar-refractivity contribution < 1.29 is 0 Å². The molecule has 94 valence electrons. The third kappa shape index (κ3) is 1.59. The van der Waals surface area contributed by atoms with Gasteiger partial charge in [-0.15, -0.1) is 0 Å². The first-order chi connectivity index (χ1) is 8.75. The molecule has 0 unspecified atom stereocenters. The summed E-state index contributed by atoms with van der Waals surface area (Å²) in [5.74, 6) is 0. The van der Waals surface area contributed by atoms with E-state index in [0.717, 1.165) is 0 Å². The van der Waals surface area contributed by atoms with Crippen molar-refractivity contribution in [3.63, 3.8) is 0 Å². The molecule has 2 rings (SSSR count). The highest BCUT2D eigenvalue weighted by molar-refractivity contribution is 5.67. The monoisotopic (exact) mass is 238 g/mol. The molecular formula is C18H22. The molecule has 1 saturated carbocycles. The predicted molar refractivity (Wildman–Crippen MR) is 80.4 cm³/mol. The molecule has 1 spiro atoms. The summed E-state index contributed by atoms with van der Waals surface area (Å²) in [6.07, 6.45) is 15.3. The molecular weight excluding hydrogens is 216 g/mol. The van der Waals surface area contributed by atoms with Gasteiger partial charge in [0.05, 0.1) is 0 Å².